The van der Waals surface area contributed by atoms with Crippen molar-refractivity contribution in [2.75, 3.05) is 18.4 Å². The highest BCUT2D eigenvalue weighted by Gasteiger charge is 2.12. The number of hydrogen-bond acceptors (Lipinski definition) is 2. The van der Waals surface area contributed by atoms with Crippen LogP contribution in [0.25, 0.3) is 6.08 Å². The molecule has 0 aliphatic carbocycles. The van der Waals surface area contributed by atoms with Gasteiger partial charge in [0.1, 0.15) is 0 Å². The van der Waals surface area contributed by atoms with Gasteiger partial charge in [-0.3, -0.25) is 4.99 Å². The molecule has 0 saturated heterocycles. The molecule has 1 heterocycles. The van der Waals surface area contributed by atoms with E-state index in [9.17, 15) is 0 Å². The third kappa shape index (κ3) is 4.81. The zero-order valence-electron chi connectivity index (χ0n) is 12.4. The summed E-state index contributed by atoms with van der Waals surface area (Å²) in [5.41, 5.74) is 3.80. The van der Waals surface area contributed by atoms with Crippen molar-refractivity contribution in [2.24, 2.45) is 4.99 Å². The Morgan fingerprint density at radius 1 is 0.917 bits per heavy atom. The Hall–Kier alpha value is -0.900. The third-order valence-electron chi connectivity index (χ3n) is 3.36. The summed E-state index contributed by atoms with van der Waals surface area (Å²) < 4.78 is 0. The zero-order chi connectivity index (χ0) is 15.5. The number of fused-ring (bicyclic) bond motifs is 1. The van der Waals surface area contributed by atoms with E-state index in [0.29, 0.717) is 21.6 Å². The van der Waals surface area contributed by atoms with E-state index in [4.69, 9.17) is 34.8 Å². The summed E-state index contributed by atoms with van der Waals surface area (Å²) >= 11 is 18.2. The molecule has 0 amide bonds. The summed E-state index contributed by atoms with van der Waals surface area (Å²) in [5.74, 6) is 0. The quantitative estimate of drug-likeness (QED) is 0.591. The van der Waals surface area contributed by atoms with Crippen LogP contribution >= 0.6 is 59.6 Å². The van der Waals surface area contributed by atoms with Crippen LogP contribution in [0.15, 0.2) is 47.5 Å². The Morgan fingerprint density at radius 3 is 2.46 bits per heavy atom. The third-order valence-corrected chi connectivity index (χ3v) is 4.42. The van der Waals surface area contributed by atoms with Crippen molar-refractivity contribution in [3.05, 3.63) is 68.7 Å². The van der Waals surface area contributed by atoms with Crippen molar-refractivity contribution >= 4 is 77.1 Å². The number of nitrogens with zero attached hydrogens (tertiary/aromatic N) is 1. The van der Waals surface area contributed by atoms with Gasteiger partial charge < -0.3 is 5.32 Å². The molecule has 0 spiro atoms. The van der Waals surface area contributed by atoms with Gasteiger partial charge in [0.25, 0.3) is 0 Å². The number of rotatable bonds is 2. The first-order valence-electron chi connectivity index (χ1n) is 6.85. The maximum absolute atomic E-state index is 6.26. The van der Waals surface area contributed by atoms with Crippen molar-refractivity contribution in [2.45, 2.75) is 0 Å². The average molecular weight is 425 g/mol. The number of nitrogens with one attached hydrogen (secondary N) is 1. The van der Waals surface area contributed by atoms with Crippen LogP contribution in [0.2, 0.25) is 15.1 Å². The molecule has 24 heavy (non-hydrogen) atoms. The molecule has 0 fully saturated rings. The van der Waals surface area contributed by atoms with Crippen LogP contribution < -0.4 is 5.32 Å². The second-order valence-corrected chi connectivity index (χ2v) is 6.08. The highest BCUT2D eigenvalue weighted by atomic mass is 35.5. The van der Waals surface area contributed by atoms with Crippen molar-refractivity contribution in [1.82, 2.24) is 0 Å². The molecule has 1 N–H and O–H groups in total. The van der Waals surface area contributed by atoms with Crippen LogP contribution in [-0.4, -0.2) is 18.8 Å². The van der Waals surface area contributed by atoms with Crippen LogP contribution in [0, 0.1) is 0 Å². The van der Waals surface area contributed by atoms with Gasteiger partial charge >= 0.3 is 0 Å². The van der Waals surface area contributed by atoms with Crippen molar-refractivity contribution in [3.63, 3.8) is 0 Å². The SMILES string of the molecule is Cl.Cl.Clc1ccc(/C=C/C2=NCCNc3c(Cl)cccc32)cc1Cl. The number of allylic oxidation sites excluding steroid dienone is 1. The van der Waals surface area contributed by atoms with Crippen molar-refractivity contribution < 1.29 is 0 Å². The summed E-state index contributed by atoms with van der Waals surface area (Å²) in [4.78, 5) is 4.61. The Morgan fingerprint density at radius 2 is 1.71 bits per heavy atom. The normalized spacial score (nSPS) is 13.0. The van der Waals surface area contributed by atoms with Gasteiger partial charge in [0.15, 0.2) is 0 Å². The lowest BCUT2D eigenvalue weighted by Crippen LogP contribution is -2.04. The highest BCUT2D eigenvalue weighted by Crippen LogP contribution is 2.28. The molecule has 1 aliphatic rings. The molecular weight excluding hydrogens is 409 g/mol. The van der Waals surface area contributed by atoms with Gasteiger partial charge in [0, 0.05) is 12.1 Å². The molecule has 128 valence electrons. The van der Waals surface area contributed by atoms with Gasteiger partial charge in [0.2, 0.25) is 0 Å². The predicted octanol–water partition coefficient (Wildman–Crippen LogP) is 6.42. The van der Waals surface area contributed by atoms with Crippen LogP contribution in [0.5, 0.6) is 0 Å². The fourth-order valence-electron chi connectivity index (χ4n) is 2.29. The summed E-state index contributed by atoms with van der Waals surface area (Å²) in [6.45, 7) is 1.47. The van der Waals surface area contributed by atoms with Crippen molar-refractivity contribution in [1.29, 1.82) is 0 Å². The van der Waals surface area contributed by atoms with Crippen molar-refractivity contribution in [3.8, 4) is 0 Å². The van der Waals surface area contributed by atoms with E-state index in [1.54, 1.807) is 6.07 Å². The van der Waals surface area contributed by atoms with E-state index < -0.39 is 0 Å². The van der Waals surface area contributed by atoms with E-state index in [0.717, 1.165) is 29.1 Å². The number of aliphatic imine (C=N–C) groups is 1. The Kier molecular flexibility index (Phi) is 8.41. The summed E-state index contributed by atoms with van der Waals surface area (Å²) in [6.07, 6.45) is 3.94. The number of para-hydroxylation sites is 1. The first kappa shape index (κ1) is 21.1. The molecule has 0 unspecified atom stereocenters. The monoisotopic (exact) mass is 422 g/mol. The minimum Gasteiger partial charge on any atom is -0.381 e. The minimum atomic E-state index is 0. The number of hydrogen-bond donors (Lipinski definition) is 1. The standard InChI is InChI=1S/C17H13Cl3N2.2ClH/c18-13-6-4-11(10-15(13)20)5-7-16-12-2-1-3-14(19)17(12)22-9-8-21-16;;/h1-7,10,22H,8-9H2;2*1H/b7-5+;;. The van der Waals surface area contributed by atoms with Crippen LogP contribution in [0.1, 0.15) is 11.1 Å². The van der Waals surface area contributed by atoms with Crippen LogP contribution in [-0.2, 0) is 0 Å². The summed E-state index contributed by atoms with van der Waals surface area (Å²) in [6, 6.07) is 11.3. The lowest BCUT2D eigenvalue weighted by atomic mass is 10.1. The molecule has 0 atom stereocenters. The Bertz CT molecular complexity index is 772. The smallest absolute Gasteiger partial charge is 0.0668 e. The second kappa shape index (κ2) is 9.55. The summed E-state index contributed by atoms with van der Waals surface area (Å²) in [7, 11) is 0. The first-order chi connectivity index (χ1) is 10.6. The highest BCUT2D eigenvalue weighted by molar-refractivity contribution is 6.42. The van der Waals surface area contributed by atoms with E-state index in [1.807, 2.05) is 42.5 Å². The van der Waals surface area contributed by atoms with E-state index in [1.165, 1.54) is 0 Å². The van der Waals surface area contributed by atoms with E-state index in [2.05, 4.69) is 10.3 Å². The number of benzene rings is 2. The lowest BCUT2D eigenvalue weighted by Gasteiger charge is -2.09. The number of benzodiazepines with no additional fused rings is 1. The number of anilines is 1. The maximum atomic E-state index is 6.26. The topological polar surface area (TPSA) is 24.4 Å². The fourth-order valence-corrected chi connectivity index (χ4v) is 2.84. The Labute approximate surface area is 168 Å². The molecule has 0 radical (unpaired) electrons. The predicted molar refractivity (Wildman–Crippen MR) is 111 cm³/mol. The maximum Gasteiger partial charge on any atom is 0.0668 e. The molecule has 0 aromatic heterocycles. The van der Waals surface area contributed by atoms with Gasteiger partial charge in [-0.2, -0.15) is 0 Å². The number of halogens is 5. The molecular formula is C17H15Cl5N2. The molecule has 1 aliphatic heterocycles. The van der Waals surface area contributed by atoms with Gasteiger partial charge in [-0.05, 0) is 29.8 Å². The van der Waals surface area contributed by atoms with Crippen LogP contribution in [0.3, 0.4) is 0 Å². The lowest BCUT2D eigenvalue weighted by molar-refractivity contribution is 1.04. The molecule has 2 aromatic rings. The molecule has 0 bridgehead atoms. The first-order valence-corrected chi connectivity index (χ1v) is 7.99. The molecule has 0 saturated carbocycles. The largest absolute Gasteiger partial charge is 0.381 e. The molecule has 2 aromatic carbocycles. The zero-order valence-corrected chi connectivity index (χ0v) is 16.3. The summed E-state index contributed by atoms with van der Waals surface area (Å²) in [5, 5.41) is 5.11. The van der Waals surface area contributed by atoms with E-state index in [-0.39, 0.29) is 24.8 Å². The van der Waals surface area contributed by atoms with Gasteiger partial charge in [-0.15, -0.1) is 24.8 Å². The minimum absolute atomic E-state index is 0. The molecule has 2 nitrogen and oxygen atoms in total. The molecule has 7 heteroatoms. The Balaban J connectivity index is 0.00000144. The van der Waals surface area contributed by atoms with Gasteiger partial charge in [-0.1, -0.05) is 59.1 Å². The fraction of sp³-hybridized carbons (Fsp3) is 0.118. The van der Waals surface area contributed by atoms with E-state index >= 15 is 0 Å². The van der Waals surface area contributed by atoms with Crippen LogP contribution in [0.4, 0.5) is 5.69 Å². The van der Waals surface area contributed by atoms with Gasteiger partial charge in [0.05, 0.1) is 33.0 Å². The average Bonchev–Trinajstić information content (AvgIpc) is 2.72. The molecule has 3 rings (SSSR count). The van der Waals surface area contributed by atoms with Gasteiger partial charge in [-0.25, -0.2) is 0 Å². The second-order valence-electron chi connectivity index (χ2n) is 4.86.